The van der Waals surface area contributed by atoms with Gasteiger partial charge in [0.1, 0.15) is 28.2 Å². The van der Waals surface area contributed by atoms with Crippen molar-refractivity contribution >= 4 is 26.9 Å². The number of rotatable bonds is 5. The molecule has 1 heterocycles. The van der Waals surface area contributed by atoms with Crippen molar-refractivity contribution in [2.45, 2.75) is 6.92 Å². The van der Waals surface area contributed by atoms with E-state index in [4.69, 9.17) is 13.9 Å². The zero-order valence-electron chi connectivity index (χ0n) is 13.5. The van der Waals surface area contributed by atoms with Crippen LogP contribution in [0.2, 0.25) is 0 Å². The van der Waals surface area contributed by atoms with Gasteiger partial charge in [-0.15, -0.1) is 0 Å². The van der Waals surface area contributed by atoms with Crippen LogP contribution in [0.1, 0.15) is 5.56 Å². The molecule has 0 unspecified atom stereocenters. The fourth-order valence-electron chi connectivity index (χ4n) is 2.56. The fraction of sp³-hybridized carbons (Fsp3) is 0.211. The molecule has 0 aliphatic heterocycles. The number of ether oxygens (including phenoxy) is 2. The van der Waals surface area contributed by atoms with E-state index in [1.807, 2.05) is 43.3 Å². The summed E-state index contributed by atoms with van der Waals surface area (Å²) in [6, 6.07) is 12.6. The van der Waals surface area contributed by atoms with Crippen LogP contribution in [0, 0.1) is 6.92 Å². The smallest absolute Gasteiger partial charge is 0.197 e. The SMILES string of the molecule is COc1cc(C)cc2oc(-c3ccc(OCCBr)cc3)cc(=O)c12. The van der Waals surface area contributed by atoms with Gasteiger partial charge in [-0.25, -0.2) is 0 Å². The maximum Gasteiger partial charge on any atom is 0.197 e. The first kappa shape index (κ1) is 16.6. The van der Waals surface area contributed by atoms with Gasteiger partial charge >= 0.3 is 0 Å². The third-order valence-corrected chi connectivity index (χ3v) is 3.97. The van der Waals surface area contributed by atoms with E-state index < -0.39 is 0 Å². The normalized spacial score (nSPS) is 10.8. The van der Waals surface area contributed by atoms with E-state index in [9.17, 15) is 4.79 Å². The van der Waals surface area contributed by atoms with E-state index in [0.717, 1.165) is 22.2 Å². The maximum atomic E-state index is 12.5. The Morgan fingerprint density at radius 1 is 1.12 bits per heavy atom. The molecule has 0 saturated heterocycles. The number of hydrogen-bond acceptors (Lipinski definition) is 4. The molecule has 0 bridgehead atoms. The summed E-state index contributed by atoms with van der Waals surface area (Å²) in [7, 11) is 1.55. The summed E-state index contributed by atoms with van der Waals surface area (Å²) < 4.78 is 16.8. The monoisotopic (exact) mass is 388 g/mol. The summed E-state index contributed by atoms with van der Waals surface area (Å²) in [5, 5.41) is 1.24. The van der Waals surface area contributed by atoms with Crippen molar-refractivity contribution in [3.63, 3.8) is 0 Å². The maximum absolute atomic E-state index is 12.5. The number of benzene rings is 2. The number of methoxy groups -OCH3 is 1. The first-order valence-electron chi connectivity index (χ1n) is 7.54. The lowest BCUT2D eigenvalue weighted by Gasteiger charge is -2.09. The summed E-state index contributed by atoms with van der Waals surface area (Å²) in [4.78, 5) is 12.5. The fourth-order valence-corrected chi connectivity index (χ4v) is 2.72. The van der Waals surface area contributed by atoms with Gasteiger partial charge in [-0.2, -0.15) is 0 Å². The molecule has 0 aliphatic carbocycles. The van der Waals surface area contributed by atoms with Crippen molar-refractivity contribution in [3.05, 3.63) is 58.3 Å². The van der Waals surface area contributed by atoms with Crippen LogP contribution >= 0.6 is 15.9 Å². The van der Waals surface area contributed by atoms with Crippen LogP contribution in [0.4, 0.5) is 0 Å². The minimum absolute atomic E-state index is 0.122. The van der Waals surface area contributed by atoms with Crippen LogP contribution in [-0.4, -0.2) is 19.0 Å². The first-order chi connectivity index (χ1) is 11.6. The van der Waals surface area contributed by atoms with Gasteiger partial charge in [-0.1, -0.05) is 15.9 Å². The molecule has 4 nitrogen and oxygen atoms in total. The predicted molar refractivity (Wildman–Crippen MR) is 98.5 cm³/mol. The molecule has 3 aromatic rings. The molecular weight excluding hydrogens is 372 g/mol. The number of hydrogen-bond donors (Lipinski definition) is 0. The molecule has 0 aliphatic rings. The minimum atomic E-state index is -0.122. The molecule has 1 aromatic heterocycles. The van der Waals surface area contributed by atoms with E-state index in [1.165, 1.54) is 6.07 Å². The van der Waals surface area contributed by atoms with Gasteiger partial charge in [-0.3, -0.25) is 4.79 Å². The highest BCUT2D eigenvalue weighted by Gasteiger charge is 2.12. The van der Waals surface area contributed by atoms with Gasteiger partial charge in [0.05, 0.1) is 13.7 Å². The second kappa shape index (κ2) is 7.09. The van der Waals surface area contributed by atoms with E-state index in [2.05, 4.69) is 15.9 Å². The summed E-state index contributed by atoms with van der Waals surface area (Å²) in [5.74, 6) is 1.83. The van der Waals surface area contributed by atoms with E-state index in [0.29, 0.717) is 29.1 Å². The standard InChI is InChI=1S/C19H17BrO4/c1-12-9-17(22-2)19-15(21)11-16(24-18(19)10-12)13-3-5-14(6-4-13)23-8-7-20/h3-6,9-11H,7-8H2,1-2H3. The molecule has 0 spiro atoms. The van der Waals surface area contributed by atoms with Crippen LogP contribution < -0.4 is 14.9 Å². The van der Waals surface area contributed by atoms with Crippen molar-refractivity contribution < 1.29 is 13.9 Å². The van der Waals surface area contributed by atoms with E-state index in [1.54, 1.807) is 7.11 Å². The second-order valence-electron chi connectivity index (χ2n) is 5.38. The third-order valence-electron chi connectivity index (χ3n) is 3.64. The van der Waals surface area contributed by atoms with Crippen LogP contribution in [0.25, 0.3) is 22.3 Å². The van der Waals surface area contributed by atoms with Gasteiger partial charge in [0, 0.05) is 17.0 Å². The van der Waals surface area contributed by atoms with Gasteiger partial charge in [0.15, 0.2) is 5.43 Å². The molecule has 124 valence electrons. The molecule has 0 saturated carbocycles. The Balaban J connectivity index is 2.06. The second-order valence-corrected chi connectivity index (χ2v) is 6.17. The Labute approximate surface area is 148 Å². The molecule has 0 N–H and O–H groups in total. The van der Waals surface area contributed by atoms with Gasteiger partial charge in [0.2, 0.25) is 0 Å². The Morgan fingerprint density at radius 2 is 1.88 bits per heavy atom. The third kappa shape index (κ3) is 3.31. The zero-order chi connectivity index (χ0) is 17.1. The average Bonchev–Trinajstić information content (AvgIpc) is 2.59. The minimum Gasteiger partial charge on any atom is -0.496 e. The van der Waals surface area contributed by atoms with Crippen molar-refractivity contribution in [1.29, 1.82) is 0 Å². The highest BCUT2D eigenvalue weighted by molar-refractivity contribution is 9.09. The van der Waals surface area contributed by atoms with Crippen LogP contribution in [-0.2, 0) is 0 Å². The molecule has 0 radical (unpaired) electrons. The quantitative estimate of drug-likeness (QED) is 0.601. The molecule has 0 fully saturated rings. The van der Waals surface area contributed by atoms with Gasteiger partial charge < -0.3 is 13.9 Å². The Morgan fingerprint density at radius 3 is 2.54 bits per heavy atom. The largest absolute Gasteiger partial charge is 0.496 e. The number of aryl methyl sites for hydroxylation is 1. The van der Waals surface area contributed by atoms with E-state index in [-0.39, 0.29) is 5.43 Å². The van der Waals surface area contributed by atoms with Crippen LogP contribution in [0.15, 0.2) is 51.7 Å². The molecule has 0 amide bonds. The molecule has 2 aromatic carbocycles. The Kier molecular flexibility index (Phi) is 4.90. The van der Waals surface area contributed by atoms with Crippen LogP contribution in [0.3, 0.4) is 0 Å². The highest BCUT2D eigenvalue weighted by Crippen LogP contribution is 2.29. The number of halogens is 1. The average molecular weight is 389 g/mol. The van der Waals surface area contributed by atoms with Crippen molar-refractivity contribution in [2.24, 2.45) is 0 Å². The first-order valence-corrected chi connectivity index (χ1v) is 8.66. The zero-order valence-corrected chi connectivity index (χ0v) is 15.1. The lowest BCUT2D eigenvalue weighted by atomic mass is 10.1. The topological polar surface area (TPSA) is 48.7 Å². The summed E-state index contributed by atoms with van der Waals surface area (Å²) in [6.07, 6.45) is 0. The predicted octanol–water partition coefficient (Wildman–Crippen LogP) is 4.55. The molecule has 3 rings (SSSR count). The summed E-state index contributed by atoms with van der Waals surface area (Å²) >= 11 is 3.32. The van der Waals surface area contributed by atoms with Gasteiger partial charge in [0.25, 0.3) is 0 Å². The number of alkyl halides is 1. The lowest BCUT2D eigenvalue weighted by Crippen LogP contribution is -2.03. The highest BCUT2D eigenvalue weighted by atomic mass is 79.9. The summed E-state index contributed by atoms with van der Waals surface area (Å²) in [5.41, 5.74) is 2.19. The summed E-state index contributed by atoms with van der Waals surface area (Å²) in [6.45, 7) is 2.54. The molecule has 24 heavy (non-hydrogen) atoms. The van der Waals surface area contributed by atoms with Gasteiger partial charge in [-0.05, 0) is 48.9 Å². The molecule has 5 heteroatoms. The molecular formula is C19H17BrO4. The Hall–Kier alpha value is -2.27. The Bertz CT molecular complexity index is 913. The van der Waals surface area contributed by atoms with Crippen molar-refractivity contribution in [1.82, 2.24) is 0 Å². The van der Waals surface area contributed by atoms with E-state index >= 15 is 0 Å². The lowest BCUT2D eigenvalue weighted by molar-refractivity contribution is 0.345. The number of fused-ring (bicyclic) bond motifs is 1. The van der Waals surface area contributed by atoms with Crippen molar-refractivity contribution in [2.75, 3.05) is 19.0 Å². The van der Waals surface area contributed by atoms with Crippen molar-refractivity contribution in [3.8, 4) is 22.8 Å². The van der Waals surface area contributed by atoms with Crippen LogP contribution in [0.5, 0.6) is 11.5 Å². The molecule has 0 atom stereocenters.